The minimum Gasteiger partial charge on any atom is -0.324 e. The van der Waals surface area contributed by atoms with E-state index in [1.807, 2.05) is 31.2 Å². The summed E-state index contributed by atoms with van der Waals surface area (Å²) in [5, 5.41) is 4.03. The van der Waals surface area contributed by atoms with Gasteiger partial charge in [-0.1, -0.05) is 12.1 Å². The Kier molecular flexibility index (Phi) is 3.23. The second-order valence-electron chi connectivity index (χ2n) is 4.27. The fourth-order valence-electron chi connectivity index (χ4n) is 1.57. The molecule has 0 aliphatic carbocycles. The lowest BCUT2D eigenvalue weighted by Crippen LogP contribution is -2.05. The molecule has 18 heavy (non-hydrogen) atoms. The van der Waals surface area contributed by atoms with E-state index in [0.717, 1.165) is 17.5 Å². The molecular weight excluding hydrogens is 250 g/mol. The van der Waals surface area contributed by atoms with Gasteiger partial charge in [-0.05, 0) is 24.6 Å². The van der Waals surface area contributed by atoms with E-state index < -0.39 is 9.84 Å². The van der Waals surface area contributed by atoms with Crippen LogP contribution in [0.3, 0.4) is 0 Å². The summed E-state index contributed by atoms with van der Waals surface area (Å²) >= 11 is 0. The summed E-state index contributed by atoms with van der Waals surface area (Å²) in [7, 11) is -3.21. The van der Waals surface area contributed by atoms with Crippen molar-refractivity contribution in [1.29, 1.82) is 0 Å². The molecule has 0 amide bonds. The molecule has 0 saturated heterocycles. The topological polar surface area (TPSA) is 78.0 Å². The first-order valence-electron chi connectivity index (χ1n) is 5.48. The maximum absolute atomic E-state index is 11.4. The predicted octanol–water partition coefficient (Wildman–Crippen LogP) is 1.30. The van der Waals surface area contributed by atoms with Crippen molar-refractivity contribution in [3.8, 4) is 5.69 Å². The van der Waals surface area contributed by atoms with Gasteiger partial charge in [0, 0.05) is 18.5 Å². The maximum atomic E-state index is 11.4. The Bertz CT molecular complexity index is 642. The van der Waals surface area contributed by atoms with Crippen molar-refractivity contribution in [3.63, 3.8) is 0 Å². The van der Waals surface area contributed by atoms with Crippen LogP contribution < -0.4 is 5.73 Å². The maximum Gasteiger partial charge on any atom is 0.178 e. The van der Waals surface area contributed by atoms with Gasteiger partial charge in [0.15, 0.2) is 9.84 Å². The van der Waals surface area contributed by atoms with Gasteiger partial charge in [0.25, 0.3) is 0 Å². The number of nitrogens with zero attached hydrogens (tertiary/aromatic N) is 2. The molecule has 5 nitrogen and oxygen atoms in total. The highest BCUT2D eigenvalue weighted by atomic mass is 32.2. The fraction of sp³-hybridized carbons (Fsp3) is 0.250. The van der Waals surface area contributed by atoms with E-state index >= 15 is 0 Å². The van der Waals surface area contributed by atoms with Gasteiger partial charge < -0.3 is 5.73 Å². The Morgan fingerprint density at radius 3 is 2.33 bits per heavy atom. The molecule has 6 heteroatoms. The summed E-state index contributed by atoms with van der Waals surface area (Å²) in [6.45, 7) is 1.91. The molecule has 0 radical (unpaired) electrons. The van der Waals surface area contributed by atoms with E-state index in [1.165, 1.54) is 17.1 Å². The van der Waals surface area contributed by atoms with Gasteiger partial charge in [-0.25, -0.2) is 13.1 Å². The minimum absolute atomic E-state index is 0.0248. The third kappa shape index (κ3) is 2.60. The highest BCUT2D eigenvalue weighted by molar-refractivity contribution is 7.90. The lowest BCUT2D eigenvalue weighted by atomic mass is 10.1. The van der Waals surface area contributed by atoms with Gasteiger partial charge >= 0.3 is 0 Å². The van der Waals surface area contributed by atoms with Crippen molar-refractivity contribution >= 4 is 9.84 Å². The quantitative estimate of drug-likeness (QED) is 0.907. The van der Waals surface area contributed by atoms with Crippen molar-refractivity contribution in [2.24, 2.45) is 5.73 Å². The number of sulfone groups is 1. The first-order chi connectivity index (χ1) is 8.38. The summed E-state index contributed by atoms with van der Waals surface area (Å²) in [4.78, 5) is 0.207. The zero-order valence-corrected chi connectivity index (χ0v) is 11.1. The normalized spacial score (nSPS) is 13.5. The monoisotopic (exact) mass is 265 g/mol. The summed E-state index contributed by atoms with van der Waals surface area (Å²) < 4.78 is 24.2. The Hall–Kier alpha value is -1.66. The average molecular weight is 265 g/mol. The zero-order valence-electron chi connectivity index (χ0n) is 10.2. The number of aromatic nitrogens is 2. The van der Waals surface area contributed by atoms with E-state index in [0.29, 0.717) is 0 Å². The standard InChI is InChI=1S/C12H15N3O2S/c1-9(13)10-3-5-11(6-4-10)15-8-12(7-14-15)18(2,16)17/h3-9H,13H2,1-2H3. The van der Waals surface area contributed by atoms with Crippen LogP contribution in [0.5, 0.6) is 0 Å². The first-order valence-corrected chi connectivity index (χ1v) is 7.38. The molecule has 96 valence electrons. The van der Waals surface area contributed by atoms with Gasteiger partial charge in [-0.3, -0.25) is 0 Å². The summed E-state index contributed by atoms with van der Waals surface area (Å²) in [5.74, 6) is 0. The largest absolute Gasteiger partial charge is 0.324 e. The van der Waals surface area contributed by atoms with Gasteiger partial charge in [-0.15, -0.1) is 0 Å². The van der Waals surface area contributed by atoms with Gasteiger partial charge in [-0.2, -0.15) is 5.10 Å². The molecule has 1 heterocycles. The Morgan fingerprint density at radius 1 is 1.28 bits per heavy atom. The fourth-order valence-corrected chi connectivity index (χ4v) is 2.10. The summed E-state index contributed by atoms with van der Waals surface area (Å²) in [6, 6.07) is 7.50. The lowest BCUT2D eigenvalue weighted by Gasteiger charge is -2.06. The predicted molar refractivity (Wildman–Crippen MR) is 69.3 cm³/mol. The van der Waals surface area contributed by atoms with Crippen LogP contribution in [-0.4, -0.2) is 24.5 Å². The molecule has 2 rings (SSSR count). The molecule has 1 aromatic heterocycles. The SMILES string of the molecule is CC(N)c1ccc(-n2cc(S(C)(=O)=O)cn2)cc1. The van der Waals surface area contributed by atoms with Crippen molar-refractivity contribution in [3.05, 3.63) is 42.2 Å². The zero-order chi connectivity index (χ0) is 13.3. The third-order valence-electron chi connectivity index (χ3n) is 2.67. The minimum atomic E-state index is -3.21. The van der Waals surface area contributed by atoms with E-state index in [4.69, 9.17) is 5.73 Å². The average Bonchev–Trinajstić information content (AvgIpc) is 2.78. The molecular formula is C12H15N3O2S. The number of rotatable bonds is 3. The van der Waals surface area contributed by atoms with Crippen molar-refractivity contribution in [1.82, 2.24) is 9.78 Å². The van der Waals surface area contributed by atoms with Crippen LogP contribution in [0.15, 0.2) is 41.6 Å². The van der Waals surface area contributed by atoms with Gasteiger partial charge in [0.2, 0.25) is 0 Å². The van der Waals surface area contributed by atoms with Gasteiger partial charge in [0.1, 0.15) is 4.90 Å². The third-order valence-corrected chi connectivity index (χ3v) is 3.74. The Labute approximate surface area is 106 Å². The Balaban J connectivity index is 2.35. The molecule has 0 aliphatic heterocycles. The molecule has 0 aliphatic rings. The Morgan fingerprint density at radius 2 is 1.89 bits per heavy atom. The van der Waals surface area contributed by atoms with Crippen molar-refractivity contribution in [2.45, 2.75) is 17.9 Å². The van der Waals surface area contributed by atoms with Crippen LogP contribution in [0.25, 0.3) is 5.69 Å². The van der Waals surface area contributed by atoms with Crippen LogP contribution in [0.4, 0.5) is 0 Å². The number of hydrogen-bond donors (Lipinski definition) is 1. The van der Waals surface area contributed by atoms with E-state index in [1.54, 1.807) is 0 Å². The molecule has 1 aromatic carbocycles. The smallest absolute Gasteiger partial charge is 0.178 e. The van der Waals surface area contributed by atoms with E-state index in [-0.39, 0.29) is 10.9 Å². The van der Waals surface area contributed by atoms with E-state index in [9.17, 15) is 8.42 Å². The van der Waals surface area contributed by atoms with Crippen LogP contribution in [-0.2, 0) is 9.84 Å². The molecule has 2 N–H and O–H groups in total. The van der Waals surface area contributed by atoms with Crippen molar-refractivity contribution < 1.29 is 8.42 Å². The molecule has 2 aromatic rings. The first kappa shape index (κ1) is 12.8. The van der Waals surface area contributed by atoms with Gasteiger partial charge in [0.05, 0.1) is 11.9 Å². The summed E-state index contributed by atoms with van der Waals surface area (Å²) in [5.41, 5.74) is 7.58. The molecule has 0 bridgehead atoms. The lowest BCUT2D eigenvalue weighted by molar-refractivity contribution is 0.602. The molecule has 0 spiro atoms. The van der Waals surface area contributed by atoms with Crippen molar-refractivity contribution in [2.75, 3.05) is 6.26 Å². The molecule has 1 atom stereocenters. The summed E-state index contributed by atoms with van der Waals surface area (Å²) in [6.07, 6.45) is 4.00. The molecule has 0 fully saturated rings. The van der Waals surface area contributed by atoms with Crippen LogP contribution in [0, 0.1) is 0 Å². The van der Waals surface area contributed by atoms with Crippen LogP contribution in [0.2, 0.25) is 0 Å². The highest BCUT2D eigenvalue weighted by Gasteiger charge is 2.10. The van der Waals surface area contributed by atoms with Crippen LogP contribution >= 0.6 is 0 Å². The highest BCUT2D eigenvalue weighted by Crippen LogP contribution is 2.15. The number of benzene rings is 1. The van der Waals surface area contributed by atoms with Crippen LogP contribution in [0.1, 0.15) is 18.5 Å². The number of hydrogen-bond acceptors (Lipinski definition) is 4. The number of nitrogens with two attached hydrogens (primary N) is 1. The second-order valence-corrected chi connectivity index (χ2v) is 6.29. The molecule has 0 saturated carbocycles. The second kappa shape index (κ2) is 4.55. The van der Waals surface area contributed by atoms with E-state index in [2.05, 4.69) is 5.10 Å². The molecule has 1 unspecified atom stereocenters.